The lowest BCUT2D eigenvalue weighted by Crippen LogP contribution is -2.15. The number of hydrogen-bond donors (Lipinski definition) is 1. The standard InChI is InChI=1S/C13H14Cl2FNO2/c14-9-7-12(10(15)6-11(9)16)17-13(18)4-3-8-2-1-5-19-8/h6-8H,1-5H2,(H,17,18). The van der Waals surface area contributed by atoms with Gasteiger partial charge in [-0.25, -0.2) is 4.39 Å². The summed E-state index contributed by atoms with van der Waals surface area (Å²) >= 11 is 11.5. The first-order valence-electron chi connectivity index (χ1n) is 6.12. The number of hydrogen-bond acceptors (Lipinski definition) is 2. The van der Waals surface area contributed by atoms with Crippen LogP contribution in [-0.2, 0) is 9.53 Å². The van der Waals surface area contributed by atoms with Gasteiger partial charge in [0.15, 0.2) is 0 Å². The van der Waals surface area contributed by atoms with Crippen molar-refractivity contribution in [1.82, 2.24) is 0 Å². The lowest BCUT2D eigenvalue weighted by molar-refractivity contribution is -0.116. The Labute approximate surface area is 121 Å². The molecule has 1 fully saturated rings. The molecule has 1 amide bonds. The number of ether oxygens (including phenoxy) is 1. The van der Waals surface area contributed by atoms with Gasteiger partial charge in [-0.1, -0.05) is 23.2 Å². The maximum absolute atomic E-state index is 13.1. The maximum atomic E-state index is 13.1. The number of benzene rings is 1. The Hall–Kier alpha value is -0.840. The Morgan fingerprint density at radius 2 is 2.21 bits per heavy atom. The van der Waals surface area contributed by atoms with Crippen LogP contribution in [0.3, 0.4) is 0 Å². The highest BCUT2D eigenvalue weighted by molar-refractivity contribution is 6.35. The molecule has 3 nitrogen and oxygen atoms in total. The molecule has 1 aliphatic heterocycles. The van der Waals surface area contributed by atoms with Crippen LogP contribution in [0, 0.1) is 5.82 Å². The molecule has 1 aliphatic rings. The number of halogens is 3. The number of carbonyl (C=O) groups is 1. The van der Waals surface area contributed by atoms with Crippen LogP contribution in [0.1, 0.15) is 25.7 Å². The third-order valence-corrected chi connectivity index (χ3v) is 3.60. The molecule has 0 spiro atoms. The SMILES string of the molecule is O=C(CCC1CCCO1)Nc1cc(Cl)c(F)cc1Cl. The van der Waals surface area contributed by atoms with E-state index in [-0.39, 0.29) is 22.1 Å². The van der Waals surface area contributed by atoms with Gasteiger partial charge in [0, 0.05) is 13.0 Å². The molecular formula is C13H14Cl2FNO2. The highest BCUT2D eigenvalue weighted by Gasteiger charge is 2.17. The fourth-order valence-corrected chi connectivity index (χ4v) is 2.36. The van der Waals surface area contributed by atoms with Crippen molar-refractivity contribution < 1.29 is 13.9 Å². The van der Waals surface area contributed by atoms with Crippen molar-refractivity contribution >= 4 is 34.8 Å². The molecule has 19 heavy (non-hydrogen) atoms. The van der Waals surface area contributed by atoms with Crippen molar-refractivity contribution in [3.05, 3.63) is 28.0 Å². The minimum absolute atomic E-state index is 0.0705. The number of anilines is 1. The summed E-state index contributed by atoms with van der Waals surface area (Å²) in [5, 5.41) is 2.69. The minimum atomic E-state index is -0.607. The molecule has 1 heterocycles. The molecule has 2 rings (SSSR count). The zero-order valence-electron chi connectivity index (χ0n) is 10.2. The predicted molar refractivity (Wildman–Crippen MR) is 73.3 cm³/mol. The quantitative estimate of drug-likeness (QED) is 0.853. The van der Waals surface area contributed by atoms with Crippen molar-refractivity contribution in [1.29, 1.82) is 0 Å². The largest absolute Gasteiger partial charge is 0.378 e. The summed E-state index contributed by atoms with van der Waals surface area (Å²) in [4.78, 5) is 11.8. The van der Waals surface area contributed by atoms with Crippen molar-refractivity contribution in [2.45, 2.75) is 31.8 Å². The summed E-state index contributed by atoms with van der Waals surface area (Å²) in [6.45, 7) is 0.770. The van der Waals surface area contributed by atoms with Crippen LogP contribution in [0.2, 0.25) is 10.0 Å². The van der Waals surface area contributed by atoms with E-state index in [1.54, 1.807) is 0 Å². The number of nitrogens with one attached hydrogen (secondary N) is 1. The van der Waals surface area contributed by atoms with Crippen LogP contribution in [0.15, 0.2) is 12.1 Å². The molecule has 1 unspecified atom stereocenters. The van der Waals surface area contributed by atoms with Gasteiger partial charge in [0.05, 0.1) is 21.8 Å². The molecule has 1 N–H and O–H groups in total. The monoisotopic (exact) mass is 305 g/mol. The van der Waals surface area contributed by atoms with Crippen molar-refractivity contribution in [2.24, 2.45) is 0 Å². The first-order valence-corrected chi connectivity index (χ1v) is 6.88. The molecule has 1 atom stereocenters. The normalized spacial score (nSPS) is 18.6. The van der Waals surface area contributed by atoms with E-state index < -0.39 is 5.82 Å². The van der Waals surface area contributed by atoms with E-state index in [0.717, 1.165) is 25.5 Å². The summed E-state index contributed by atoms with van der Waals surface area (Å²) in [7, 11) is 0. The molecule has 104 valence electrons. The number of rotatable bonds is 4. The molecule has 1 aromatic rings. The summed E-state index contributed by atoms with van der Waals surface area (Å²) in [6, 6.07) is 2.39. The van der Waals surface area contributed by atoms with Gasteiger partial charge in [-0.05, 0) is 31.4 Å². The van der Waals surface area contributed by atoms with Crippen molar-refractivity contribution in [2.75, 3.05) is 11.9 Å². The maximum Gasteiger partial charge on any atom is 0.224 e. The van der Waals surface area contributed by atoms with E-state index in [2.05, 4.69) is 5.32 Å². The summed E-state index contributed by atoms with van der Waals surface area (Å²) in [6.07, 6.45) is 3.23. The fourth-order valence-electron chi connectivity index (χ4n) is 2.00. The molecule has 0 aromatic heterocycles. The topological polar surface area (TPSA) is 38.3 Å². The number of amides is 1. The van der Waals surface area contributed by atoms with Crippen LogP contribution in [-0.4, -0.2) is 18.6 Å². The Balaban J connectivity index is 1.89. The third-order valence-electron chi connectivity index (χ3n) is 3.00. The average Bonchev–Trinajstić information content (AvgIpc) is 2.86. The summed E-state index contributed by atoms with van der Waals surface area (Å²) < 4.78 is 18.5. The molecule has 0 saturated carbocycles. The van der Waals surface area contributed by atoms with Gasteiger partial charge in [0.2, 0.25) is 5.91 Å². The molecular weight excluding hydrogens is 292 g/mol. The molecule has 0 bridgehead atoms. The minimum Gasteiger partial charge on any atom is -0.378 e. The van der Waals surface area contributed by atoms with Crippen LogP contribution >= 0.6 is 23.2 Å². The smallest absolute Gasteiger partial charge is 0.224 e. The van der Waals surface area contributed by atoms with Crippen LogP contribution in [0.5, 0.6) is 0 Å². The van der Waals surface area contributed by atoms with Gasteiger partial charge < -0.3 is 10.1 Å². The van der Waals surface area contributed by atoms with E-state index in [9.17, 15) is 9.18 Å². The molecule has 6 heteroatoms. The van der Waals surface area contributed by atoms with Crippen molar-refractivity contribution in [3.63, 3.8) is 0 Å². The van der Waals surface area contributed by atoms with Crippen LogP contribution < -0.4 is 5.32 Å². The van der Waals surface area contributed by atoms with E-state index >= 15 is 0 Å². The third kappa shape index (κ3) is 4.06. The van der Waals surface area contributed by atoms with Gasteiger partial charge in [0.1, 0.15) is 5.82 Å². The second kappa shape index (κ2) is 6.55. The second-order valence-electron chi connectivity index (χ2n) is 4.47. The van der Waals surface area contributed by atoms with E-state index in [4.69, 9.17) is 27.9 Å². The highest BCUT2D eigenvalue weighted by atomic mass is 35.5. The molecule has 1 aromatic carbocycles. The van der Waals surface area contributed by atoms with E-state index in [0.29, 0.717) is 18.5 Å². The average molecular weight is 306 g/mol. The van der Waals surface area contributed by atoms with Crippen molar-refractivity contribution in [3.8, 4) is 0 Å². The zero-order valence-corrected chi connectivity index (χ0v) is 11.7. The van der Waals surface area contributed by atoms with Gasteiger partial charge in [0.25, 0.3) is 0 Å². The zero-order chi connectivity index (χ0) is 13.8. The van der Waals surface area contributed by atoms with Gasteiger partial charge >= 0.3 is 0 Å². The first-order chi connectivity index (χ1) is 9.06. The van der Waals surface area contributed by atoms with Crippen LogP contribution in [0.4, 0.5) is 10.1 Å². The Morgan fingerprint density at radius 1 is 1.42 bits per heavy atom. The van der Waals surface area contributed by atoms with E-state index in [1.807, 2.05) is 0 Å². The summed E-state index contributed by atoms with van der Waals surface area (Å²) in [5.41, 5.74) is 0.324. The van der Waals surface area contributed by atoms with Gasteiger partial charge in [-0.15, -0.1) is 0 Å². The van der Waals surface area contributed by atoms with Gasteiger partial charge in [-0.3, -0.25) is 4.79 Å². The fraction of sp³-hybridized carbons (Fsp3) is 0.462. The highest BCUT2D eigenvalue weighted by Crippen LogP contribution is 2.28. The first kappa shape index (κ1) is 14.6. The Bertz CT molecular complexity index is 476. The number of carbonyl (C=O) groups excluding carboxylic acids is 1. The second-order valence-corrected chi connectivity index (χ2v) is 5.28. The Morgan fingerprint density at radius 3 is 2.89 bits per heavy atom. The molecule has 0 radical (unpaired) electrons. The van der Waals surface area contributed by atoms with Crippen LogP contribution in [0.25, 0.3) is 0 Å². The predicted octanol–water partition coefficient (Wildman–Crippen LogP) is 4.03. The molecule has 1 saturated heterocycles. The van der Waals surface area contributed by atoms with Gasteiger partial charge in [-0.2, -0.15) is 0 Å². The Kier molecular flexibility index (Phi) is 5.02. The lowest BCUT2D eigenvalue weighted by atomic mass is 10.1. The lowest BCUT2D eigenvalue weighted by Gasteiger charge is -2.10. The van der Waals surface area contributed by atoms with E-state index in [1.165, 1.54) is 6.07 Å². The summed E-state index contributed by atoms with van der Waals surface area (Å²) in [5.74, 6) is -0.788. The molecule has 0 aliphatic carbocycles.